The van der Waals surface area contributed by atoms with Gasteiger partial charge in [-0.1, -0.05) is 50.8 Å². The van der Waals surface area contributed by atoms with Crippen LogP contribution in [0.4, 0.5) is 0 Å². The van der Waals surface area contributed by atoms with Crippen LogP contribution in [-0.4, -0.2) is 13.2 Å². The number of unbranched alkanes of at least 4 members (excludes halogenated alkanes) is 4. The second-order valence-electron chi connectivity index (χ2n) is 4.83. The van der Waals surface area contributed by atoms with Gasteiger partial charge in [0.15, 0.2) is 0 Å². The van der Waals surface area contributed by atoms with Crippen LogP contribution in [0.25, 0.3) is 0 Å². The fourth-order valence-corrected chi connectivity index (χ4v) is 1.96. The molecule has 0 bridgehead atoms. The molecule has 19 heavy (non-hydrogen) atoms. The molecule has 2 heteroatoms. The first-order chi connectivity index (χ1) is 9.36. The van der Waals surface area contributed by atoms with E-state index in [0.29, 0.717) is 0 Å². The summed E-state index contributed by atoms with van der Waals surface area (Å²) in [6.45, 7) is 8.46. The predicted molar refractivity (Wildman–Crippen MR) is 82.6 cm³/mol. The van der Waals surface area contributed by atoms with Crippen LogP contribution in [0.2, 0.25) is 0 Å². The average Bonchev–Trinajstić information content (AvgIpc) is 2.43. The minimum Gasteiger partial charge on any atom is -0.494 e. The van der Waals surface area contributed by atoms with E-state index in [4.69, 9.17) is 4.74 Å². The summed E-state index contributed by atoms with van der Waals surface area (Å²) >= 11 is 0. The lowest BCUT2D eigenvalue weighted by Gasteiger charge is -2.08. The summed E-state index contributed by atoms with van der Waals surface area (Å²) in [5, 5.41) is 3.30. The summed E-state index contributed by atoms with van der Waals surface area (Å²) in [7, 11) is 0. The van der Waals surface area contributed by atoms with Crippen molar-refractivity contribution in [3.05, 3.63) is 42.5 Å². The normalized spacial score (nSPS) is 10.4. The number of benzene rings is 1. The summed E-state index contributed by atoms with van der Waals surface area (Å²) in [6, 6.07) is 8.31. The Morgan fingerprint density at radius 3 is 2.84 bits per heavy atom. The maximum atomic E-state index is 5.79. The van der Waals surface area contributed by atoms with E-state index >= 15 is 0 Å². The molecule has 1 aromatic carbocycles. The van der Waals surface area contributed by atoms with Crippen molar-refractivity contribution in [1.29, 1.82) is 0 Å². The summed E-state index contributed by atoms with van der Waals surface area (Å²) in [5.41, 5.74) is 1.25. The number of rotatable bonds is 11. The average molecular weight is 261 g/mol. The minimum absolute atomic E-state index is 0.827. The molecule has 0 saturated carbocycles. The topological polar surface area (TPSA) is 21.3 Å². The molecule has 0 heterocycles. The highest BCUT2D eigenvalue weighted by Crippen LogP contribution is 2.14. The van der Waals surface area contributed by atoms with E-state index in [1.54, 1.807) is 0 Å². The van der Waals surface area contributed by atoms with Crippen LogP contribution >= 0.6 is 0 Å². The predicted octanol–water partition coefficient (Wildman–Crippen LogP) is 4.31. The third kappa shape index (κ3) is 7.68. The van der Waals surface area contributed by atoms with Gasteiger partial charge in [0.2, 0.25) is 0 Å². The molecule has 0 amide bonds. The first-order valence-corrected chi connectivity index (χ1v) is 7.40. The second-order valence-corrected chi connectivity index (χ2v) is 4.83. The Morgan fingerprint density at radius 2 is 2.05 bits per heavy atom. The molecular weight excluding hydrogens is 234 g/mol. The van der Waals surface area contributed by atoms with E-state index in [1.807, 2.05) is 12.1 Å². The molecule has 0 aliphatic rings. The molecule has 0 unspecified atom stereocenters. The van der Waals surface area contributed by atoms with Crippen molar-refractivity contribution in [3.8, 4) is 5.75 Å². The molecular formula is C17H27NO. The van der Waals surface area contributed by atoms with Crippen molar-refractivity contribution in [2.45, 2.75) is 45.6 Å². The summed E-state index contributed by atoms with van der Waals surface area (Å²) in [4.78, 5) is 0. The molecule has 1 rings (SSSR count). The molecule has 2 nitrogen and oxygen atoms in total. The monoisotopic (exact) mass is 261 g/mol. The van der Waals surface area contributed by atoms with Crippen LogP contribution in [-0.2, 0) is 6.54 Å². The van der Waals surface area contributed by atoms with E-state index in [1.165, 1.54) is 31.2 Å². The molecule has 0 radical (unpaired) electrons. The van der Waals surface area contributed by atoms with Gasteiger partial charge < -0.3 is 10.1 Å². The summed E-state index contributed by atoms with van der Waals surface area (Å²) in [5.74, 6) is 0.980. The van der Waals surface area contributed by atoms with Crippen LogP contribution in [0.15, 0.2) is 36.9 Å². The van der Waals surface area contributed by atoms with Gasteiger partial charge in [-0.25, -0.2) is 0 Å². The Kier molecular flexibility index (Phi) is 8.82. The molecule has 0 atom stereocenters. The van der Waals surface area contributed by atoms with Gasteiger partial charge in [0, 0.05) is 13.1 Å². The molecule has 0 saturated heterocycles. The van der Waals surface area contributed by atoms with Crippen molar-refractivity contribution in [2.24, 2.45) is 0 Å². The highest BCUT2D eigenvalue weighted by atomic mass is 16.5. The molecule has 0 aliphatic heterocycles. The van der Waals surface area contributed by atoms with Crippen molar-refractivity contribution >= 4 is 0 Å². The van der Waals surface area contributed by atoms with Crippen molar-refractivity contribution in [1.82, 2.24) is 5.32 Å². The van der Waals surface area contributed by atoms with Gasteiger partial charge in [0.25, 0.3) is 0 Å². The Labute approximate surface area is 117 Å². The lowest BCUT2D eigenvalue weighted by molar-refractivity contribution is 0.304. The fourth-order valence-electron chi connectivity index (χ4n) is 1.96. The molecule has 0 aliphatic carbocycles. The minimum atomic E-state index is 0.827. The van der Waals surface area contributed by atoms with Gasteiger partial charge in [-0.3, -0.25) is 0 Å². The van der Waals surface area contributed by atoms with Gasteiger partial charge in [-0.2, -0.15) is 0 Å². The number of hydrogen-bond acceptors (Lipinski definition) is 2. The maximum absolute atomic E-state index is 5.79. The zero-order valence-corrected chi connectivity index (χ0v) is 12.2. The van der Waals surface area contributed by atoms with Crippen molar-refractivity contribution in [3.63, 3.8) is 0 Å². The highest BCUT2D eigenvalue weighted by Gasteiger charge is 1.97. The Bertz CT molecular complexity index is 349. The SMILES string of the molecule is C=CCNCc1cccc(OCCCCCCC)c1. The quantitative estimate of drug-likeness (QED) is 0.473. The number of nitrogens with one attached hydrogen (secondary N) is 1. The van der Waals surface area contributed by atoms with E-state index in [0.717, 1.165) is 31.9 Å². The summed E-state index contributed by atoms with van der Waals surface area (Å²) < 4.78 is 5.79. The first-order valence-electron chi connectivity index (χ1n) is 7.40. The standard InChI is InChI=1S/C17H27NO/c1-3-5-6-7-8-13-19-17-11-9-10-16(14-17)15-18-12-4-2/h4,9-11,14,18H,2-3,5-8,12-13,15H2,1H3. The van der Waals surface area contributed by atoms with Gasteiger partial charge in [-0.15, -0.1) is 6.58 Å². The van der Waals surface area contributed by atoms with Crippen molar-refractivity contribution < 1.29 is 4.74 Å². The van der Waals surface area contributed by atoms with E-state index in [2.05, 4.69) is 37.0 Å². The Balaban J connectivity index is 2.21. The smallest absolute Gasteiger partial charge is 0.119 e. The summed E-state index contributed by atoms with van der Waals surface area (Å²) in [6.07, 6.45) is 8.25. The zero-order chi connectivity index (χ0) is 13.8. The van der Waals surface area contributed by atoms with Crippen LogP contribution in [0.5, 0.6) is 5.75 Å². The number of hydrogen-bond donors (Lipinski definition) is 1. The fraction of sp³-hybridized carbons (Fsp3) is 0.529. The van der Waals surface area contributed by atoms with E-state index in [9.17, 15) is 0 Å². The highest BCUT2D eigenvalue weighted by molar-refractivity contribution is 5.28. The van der Waals surface area contributed by atoms with Crippen LogP contribution in [0, 0.1) is 0 Å². The van der Waals surface area contributed by atoms with Crippen LogP contribution < -0.4 is 10.1 Å². The van der Waals surface area contributed by atoms with Gasteiger partial charge in [-0.05, 0) is 24.1 Å². The second kappa shape index (κ2) is 10.6. The number of ether oxygens (including phenoxy) is 1. The molecule has 106 valence electrons. The Hall–Kier alpha value is -1.28. The molecule has 1 N–H and O–H groups in total. The van der Waals surface area contributed by atoms with Crippen LogP contribution in [0.1, 0.15) is 44.6 Å². The van der Waals surface area contributed by atoms with Crippen LogP contribution in [0.3, 0.4) is 0 Å². The van der Waals surface area contributed by atoms with E-state index < -0.39 is 0 Å². The van der Waals surface area contributed by atoms with Gasteiger partial charge in [0.1, 0.15) is 5.75 Å². The van der Waals surface area contributed by atoms with E-state index in [-0.39, 0.29) is 0 Å². The van der Waals surface area contributed by atoms with Gasteiger partial charge in [0.05, 0.1) is 6.61 Å². The lowest BCUT2D eigenvalue weighted by atomic mass is 10.2. The van der Waals surface area contributed by atoms with Crippen molar-refractivity contribution in [2.75, 3.05) is 13.2 Å². The van der Waals surface area contributed by atoms with Gasteiger partial charge >= 0.3 is 0 Å². The molecule has 1 aromatic rings. The zero-order valence-electron chi connectivity index (χ0n) is 12.2. The third-order valence-corrected chi connectivity index (χ3v) is 3.03. The maximum Gasteiger partial charge on any atom is 0.119 e. The Morgan fingerprint density at radius 1 is 1.21 bits per heavy atom. The molecule has 0 aromatic heterocycles. The first kappa shape index (κ1) is 15.8. The molecule has 0 fully saturated rings. The largest absolute Gasteiger partial charge is 0.494 e. The molecule has 0 spiro atoms. The third-order valence-electron chi connectivity index (χ3n) is 3.03. The lowest BCUT2D eigenvalue weighted by Crippen LogP contribution is -2.12.